The molecule has 2 aliphatic heterocycles. The molecule has 28 heavy (non-hydrogen) atoms. The summed E-state index contributed by atoms with van der Waals surface area (Å²) in [6, 6.07) is 0. The number of ether oxygens (including phenoxy) is 4. The fourth-order valence-corrected chi connectivity index (χ4v) is 4.66. The molecular weight excluding hydrogens is 358 g/mol. The molecule has 3 aliphatic rings. The number of esters is 1. The standard InChI is InChI=1S/C22H35NO5/c1-14(2)7-8-17-21(5,28-17)20-19(25-6)16(9-10-22(20)13-26-22)27-18(24)12-23-11-15(3)4/h7,16-17,19-20,23H,3,8-13H2,1-2,4-6H3/t16-,17?,19-,20-,21+,22+/m1/s1. The van der Waals surface area contributed by atoms with Gasteiger partial charge in [0.15, 0.2) is 0 Å². The molecule has 0 bridgehead atoms. The minimum Gasteiger partial charge on any atom is -0.459 e. The highest BCUT2D eigenvalue weighted by molar-refractivity contribution is 5.72. The molecule has 1 aliphatic carbocycles. The lowest BCUT2D eigenvalue weighted by atomic mass is 9.68. The monoisotopic (exact) mass is 393 g/mol. The molecule has 1 unspecified atom stereocenters. The third kappa shape index (κ3) is 4.51. The molecular formula is C22H35NO5. The molecule has 0 radical (unpaired) electrons. The Labute approximate surface area is 168 Å². The summed E-state index contributed by atoms with van der Waals surface area (Å²) in [5.74, 6) is -0.210. The van der Waals surface area contributed by atoms with Crippen LogP contribution in [0.1, 0.15) is 47.0 Å². The molecule has 3 fully saturated rings. The van der Waals surface area contributed by atoms with Crippen LogP contribution < -0.4 is 5.32 Å². The van der Waals surface area contributed by atoms with Crippen molar-refractivity contribution in [2.75, 3.05) is 26.8 Å². The number of epoxide rings is 2. The lowest BCUT2D eigenvalue weighted by Crippen LogP contribution is -2.56. The van der Waals surface area contributed by atoms with Gasteiger partial charge in [0.1, 0.15) is 23.4 Å². The van der Waals surface area contributed by atoms with Crippen molar-refractivity contribution >= 4 is 5.97 Å². The van der Waals surface area contributed by atoms with Crippen molar-refractivity contribution in [3.63, 3.8) is 0 Å². The number of nitrogens with one attached hydrogen (secondary N) is 1. The molecule has 2 saturated heterocycles. The molecule has 0 amide bonds. The van der Waals surface area contributed by atoms with Crippen molar-refractivity contribution in [1.82, 2.24) is 5.32 Å². The van der Waals surface area contributed by atoms with Crippen LogP contribution in [-0.4, -0.2) is 62.3 Å². The maximum atomic E-state index is 12.3. The van der Waals surface area contributed by atoms with Crippen LogP contribution in [0.5, 0.6) is 0 Å². The molecule has 1 N–H and O–H groups in total. The van der Waals surface area contributed by atoms with Gasteiger partial charge in [-0.05, 0) is 47.0 Å². The van der Waals surface area contributed by atoms with Crippen LogP contribution in [0.4, 0.5) is 0 Å². The van der Waals surface area contributed by atoms with Crippen LogP contribution in [0, 0.1) is 5.92 Å². The van der Waals surface area contributed by atoms with E-state index in [9.17, 15) is 4.79 Å². The van der Waals surface area contributed by atoms with E-state index in [4.69, 9.17) is 18.9 Å². The largest absolute Gasteiger partial charge is 0.459 e. The number of hydrogen-bond donors (Lipinski definition) is 1. The molecule has 0 aromatic heterocycles. The number of hydrogen-bond acceptors (Lipinski definition) is 6. The Balaban J connectivity index is 1.66. The highest BCUT2D eigenvalue weighted by Crippen LogP contribution is 2.59. The Morgan fingerprint density at radius 1 is 1.32 bits per heavy atom. The Hall–Kier alpha value is -1.21. The minimum absolute atomic E-state index is 0.0514. The van der Waals surface area contributed by atoms with Crippen molar-refractivity contribution in [3.8, 4) is 0 Å². The minimum atomic E-state index is -0.313. The van der Waals surface area contributed by atoms with Gasteiger partial charge in [0.05, 0.1) is 25.2 Å². The van der Waals surface area contributed by atoms with Gasteiger partial charge in [-0.15, -0.1) is 0 Å². The average Bonchev–Trinajstić information content (AvgIpc) is 3.52. The second-order valence-corrected chi connectivity index (χ2v) is 8.97. The zero-order valence-electron chi connectivity index (χ0n) is 17.9. The van der Waals surface area contributed by atoms with Crippen molar-refractivity contribution < 1.29 is 23.7 Å². The van der Waals surface area contributed by atoms with E-state index in [2.05, 4.69) is 38.7 Å². The number of rotatable bonds is 9. The van der Waals surface area contributed by atoms with E-state index in [1.807, 2.05) is 6.92 Å². The van der Waals surface area contributed by atoms with Crippen LogP contribution in [0.2, 0.25) is 0 Å². The first-order valence-corrected chi connectivity index (χ1v) is 10.2. The van der Waals surface area contributed by atoms with Crippen molar-refractivity contribution in [2.24, 2.45) is 5.92 Å². The summed E-state index contributed by atoms with van der Waals surface area (Å²) in [5, 5.41) is 3.05. The third-order valence-electron chi connectivity index (χ3n) is 6.22. The van der Waals surface area contributed by atoms with Gasteiger partial charge in [0.2, 0.25) is 0 Å². The molecule has 6 atom stereocenters. The predicted octanol–water partition coefficient (Wildman–Crippen LogP) is 2.77. The first-order chi connectivity index (χ1) is 13.2. The molecule has 6 heteroatoms. The number of methoxy groups -OCH3 is 1. The Morgan fingerprint density at radius 3 is 2.61 bits per heavy atom. The van der Waals surface area contributed by atoms with Gasteiger partial charge in [-0.25, -0.2) is 0 Å². The van der Waals surface area contributed by atoms with E-state index in [1.165, 1.54) is 5.57 Å². The van der Waals surface area contributed by atoms with Crippen molar-refractivity contribution in [2.45, 2.75) is 76.5 Å². The second kappa shape index (κ2) is 8.27. The molecule has 3 rings (SSSR count). The van der Waals surface area contributed by atoms with Gasteiger partial charge < -0.3 is 24.3 Å². The lowest BCUT2D eigenvalue weighted by Gasteiger charge is -2.42. The summed E-state index contributed by atoms with van der Waals surface area (Å²) in [6.45, 7) is 13.6. The molecule has 0 aromatic rings. The normalized spacial score (nSPS) is 38.8. The van der Waals surface area contributed by atoms with Crippen molar-refractivity contribution in [1.29, 1.82) is 0 Å². The smallest absolute Gasteiger partial charge is 0.320 e. The third-order valence-corrected chi connectivity index (χ3v) is 6.22. The van der Waals surface area contributed by atoms with Gasteiger partial charge in [-0.2, -0.15) is 0 Å². The van der Waals surface area contributed by atoms with E-state index in [1.54, 1.807) is 7.11 Å². The Kier molecular flexibility index (Phi) is 6.35. The first-order valence-electron chi connectivity index (χ1n) is 10.2. The summed E-state index contributed by atoms with van der Waals surface area (Å²) in [4.78, 5) is 12.3. The van der Waals surface area contributed by atoms with Crippen LogP contribution in [0.25, 0.3) is 0 Å². The van der Waals surface area contributed by atoms with Crippen LogP contribution in [0.15, 0.2) is 23.8 Å². The number of allylic oxidation sites excluding steroid dienone is 1. The van der Waals surface area contributed by atoms with Gasteiger partial charge in [0, 0.05) is 13.7 Å². The zero-order chi connectivity index (χ0) is 20.5. The number of carbonyl (C=O) groups is 1. The fraction of sp³-hybridized carbons (Fsp3) is 0.773. The van der Waals surface area contributed by atoms with Gasteiger partial charge in [-0.1, -0.05) is 23.8 Å². The van der Waals surface area contributed by atoms with E-state index in [0.717, 1.165) is 31.4 Å². The molecule has 2 heterocycles. The van der Waals surface area contributed by atoms with Crippen LogP contribution in [-0.2, 0) is 23.7 Å². The molecule has 158 valence electrons. The topological polar surface area (TPSA) is 72.6 Å². The van der Waals surface area contributed by atoms with Gasteiger partial charge in [-0.3, -0.25) is 4.79 Å². The number of carbonyl (C=O) groups excluding carboxylic acids is 1. The SMILES string of the molecule is C=C(C)CNCC(=O)O[C@@H]1CC[C@]2(CO2)[C@@H]([C@@]2(C)OC2CC=C(C)C)[C@@H]1OC. The summed E-state index contributed by atoms with van der Waals surface area (Å²) >= 11 is 0. The second-order valence-electron chi connectivity index (χ2n) is 8.97. The van der Waals surface area contributed by atoms with E-state index < -0.39 is 0 Å². The highest BCUT2D eigenvalue weighted by atomic mass is 16.6. The van der Waals surface area contributed by atoms with E-state index >= 15 is 0 Å². The molecule has 0 aromatic carbocycles. The first kappa shape index (κ1) is 21.5. The summed E-state index contributed by atoms with van der Waals surface area (Å²) in [6.07, 6.45) is 4.34. The summed E-state index contributed by atoms with van der Waals surface area (Å²) in [7, 11) is 1.69. The summed E-state index contributed by atoms with van der Waals surface area (Å²) < 4.78 is 23.8. The van der Waals surface area contributed by atoms with Crippen LogP contribution >= 0.6 is 0 Å². The average molecular weight is 394 g/mol. The van der Waals surface area contributed by atoms with Gasteiger partial charge >= 0.3 is 5.97 Å². The Morgan fingerprint density at radius 2 is 2.04 bits per heavy atom. The molecule has 1 spiro atoms. The van der Waals surface area contributed by atoms with E-state index in [-0.39, 0.29) is 47.9 Å². The maximum absolute atomic E-state index is 12.3. The molecule has 6 nitrogen and oxygen atoms in total. The molecule has 1 saturated carbocycles. The predicted molar refractivity (Wildman–Crippen MR) is 107 cm³/mol. The fourth-order valence-electron chi connectivity index (χ4n) is 4.66. The zero-order valence-corrected chi connectivity index (χ0v) is 17.9. The van der Waals surface area contributed by atoms with Crippen LogP contribution in [0.3, 0.4) is 0 Å². The Bertz CT molecular complexity index is 637. The highest BCUT2D eigenvalue weighted by Gasteiger charge is 2.72. The quantitative estimate of drug-likeness (QED) is 0.369. The van der Waals surface area contributed by atoms with E-state index in [0.29, 0.717) is 6.54 Å². The summed E-state index contributed by atoms with van der Waals surface area (Å²) in [5.41, 5.74) is 1.76. The van der Waals surface area contributed by atoms with Gasteiger partial charge in [0.25, 0.3) is 0 Å². The van der Waals surface area contributed by atoms with Crippen molar-refractivity contribution in [3.05, 3.63) is 23.8 Å². The maximum Gasteiger partial charge on any atom is 0.320 e. The lowest BCUT2D eigenvalue weighted by molar-refractivity contribution is -0.170.